The van der Waals surface area contributed by atoms with E-state index >= 15 is 0 Å². The minimum atomic E-state index is -0.355. The first kappa shape index (κ1) is 18.1. The van der Waals surface area contributed by atoms with Gasteiger partial charge in [-0.3, -0.25) is 9.59 Å². The van der Waals surface area contributed by atoms with Gasteiger partial charge in [-0.1, -0.05) is 17.7 Å². The van der Waals surface area contributed by atoms with E-state index in [1.165, 1.54) is 0 Å². The van der Waals surface area contributed by atoms with Gasteiger partial charge in [0.15, 0.2) is 0 Å². The number of hydrogen-bond acceptors (Lipinski definition) is 3. The Hall–Kier alpha value is -1.75. The maximum absolute atomic E-state index is 12.7. The molecule has 2 saturated heterocycles. The van der Waals surface area contributed by atoms with Gasteiger partial charge in [0, 0.05) is 49.0 Å². The Bertz CT molecular complexity index is 633. The lowest BCUT2D eigenvalue weighted by Gasteiger charge is -2.41. The van der Waals surface area contributed by atoms with Crippen molar-refractivity contribution in [1.29, 1.82) is 0 Å². The molecule has 1 aromatic carbocycles. The number of likely N-dealkylation sites (tertiary alicyclic amines) is 1. The van der Waals surface area contributed by atoms with Crippen LogP contribution >= 0.6 is 11.6 Å². The van der Waals surface area contributed by atoms with Gasteiger partial charge in [-0.25, -0.2) is 0 Å². The molecule has 0 N–H and O–H groups in total. The highest BCUT2D eigenvalue weighted by Crippen LogP contribution is 2.24. The van der Waals surface area contributed by atoms with Crippen LogP contribution in [0.1, 0.15) is 33.1 Å². The van der Waals surface area contributed by atoms with Crippen molar-refractivity contribution in [2.45, 2.75) is 45.2 Å². The zero-order chi connectivity index (χ0) is 18.0. The van der Waals surface area contributed by atoms with Crippen molar-refractivity contribution >= 4 is 29.1 Å². The van der Waals surface area contributed by atoms with E-state index in [1.807, 2.05) is 38.1 Å². The van der Waals surface area contributed by atoms with E-state index in [4.69, 9.17) is 11.6 Å². The molecule has 6 heteroatoms. The predicted octanol–water partition coefficient (Wildman–Crippen LogP) is 2.78. The quantitative estimate of drug-likeness (QED) is 0.721. The number of anilines is 1. The van der Waals surface area contributed by atoms with E-state index in [-0.39, 0.29) is 23.9 Å². The molecule has 0 aromatic heterocycles. The Morgan fingerprint density at radius 1 is 1.00 bits per heavy atom. The summed E-state index contributed by atoms with van der Waals surface area (Å²) >= 11 is 6.06. The molecule has 2 atom stereocenters. The van der Waals surface area contributed by atoms with Crippen LogP contribution in [0.15, 0.2) is 24.3 Å². The number of piperazine rings is 1. The highest BCUT2D eigenvalue weighted by molar-refractivity contribution is 6.35. The number of carbonyl (C=O) groups excluding carboxylic acids is 2. The van der Waals surface area contributed by atoms with Gasteiger partial charge >= 0.3 is 11.8 Å². The highest BCUT2D eigenvalue weighted by Gasteiger charge is 2.35. The Balaban J connectivity index is 1.60. The van der Waals surface area contributed by atoms with Gasteiger partial charge in [-0.05, 0) is 51.3 Å². The molecule has 0 radical (unpaired) electrons. The molecule has 0 bridgehead atoms. The van der Waals surface area contributed by atoms with Crippen molar-refractivity contribution < 1.29 is 9.59 Å². The topological polar surface area (TPSA) is 43.9 Å². The van der Waals surface area contributed by atoms with Gasteiger partial charge in [-0.15, -0.1) is 0 Å². The minimum absolute atomic E-state index is 0.146. The standard InChI is InChI=1S/C19H26ClN3O2/c1-14-5-3-6-15(2)23(14)19(25)18(24)22-11-9-21(10-12-22)17-8-4-7-16(20)13-17/h4,7-8,13-15H,3,5-6,9-12H2,1-2H3. The lowest BCUT2D eigenvalue weighted by Crippen LogP contribution is -2.57. The number of rotatable bonds is 1. The van der Waals surface area contributed by atoms with Crippen LogP contribution in [0.3, 0.4) is 0 Å². The van der Waals surface area contributed by atoms with Crippen LogP contribution in [-0.2, 0) is 9.59 Å². The summed E-state index contributed by atoms with van der Waals surface area (Å²) in [6.45, 7) is 6.63. The average molecular weight is 364 g/mol. The highest BCUT2D eigenvalue weighted by atomic mass is 35.5. The van der Waals surface area contributed by atoms with Crippen LogP contribution in [0.4, 0.5) is 5.69 Å². The molecular formula is C19H26ClN3O2. The molecule has 2 aliphatic heterocycles. The summed E-state index contributed by atoms with van der Waals surface area (Å²) in [7, 11) is 0. The second kappa shape index (κ2) is 7.65. The fraction of sp³-hybridized carbons (Fsp3) is 0.579. The summed E-state index contributed by atoms with van der Waals surface area (Å²) in [6, 6.07) is 8.02. The van der Waals surface area contributed by atoms with Crippen LogP contribution in [0.2, 0.25) is 5.02 Å². The molecule has 2 aliphatic rings. The van der Waals surface area contributed by atoms with E-state index in [1.54, 1.807) is 9.80 Å². The first-order valence-electron chi connectivity index (χ1n) is 9.09. The Morgan fingerprint density at radius 3 is 2.24 bits per heavy atom. The fourth-order valence-electron chi connectivity index (χ4n) is 3.91. The Morgan fingerprint density at radius 2 is 1.64 bits per heavy atom. The summed E-state index contributed by atoms with van der Waals surface area (Å²) in [5.41, 5.74) is 1.06. The second-order valence-electron chi connectivity index (χ2n) is 7.10. The summed E-state index contributed by atoms with van der Waals surface area (Å²) in [4.78, 5) is 31.1. The van der Waals surface area contributed by atoms with Gasteiger partial charge in [-0.2, -0.15) is 0 Å². The third-order valence-corrected chi connectivity index (χ3v) is 5.59. The molecule has 3 rings (SSSR count). The Kier molecular flexibility index (Phi) is 5.52. The fourth-order valence-corrected chi connectivity index (χ4v) is 4.09. The van der Waals surface area contributed by atoms with Crippen molar-refractivity contribution in [3.8, 4) is 0 Å². The largest absolute Gasteiger partial charge is 0.368 e. The summed E-state index contributed by atoms with van der Waals surface area (Å²) in [6.07, 6.45) is 3.08. The maximum Gasteiger partial charge on any atom is 0.312 e. The predicted molar refractivity (Wildman–Crippen MR) is 99.9 cm³/mol. The van der Waals surface area contributed by atoms with E-state index in [0.717, 1.165) is 24.9 Å². The van der Waals surface area contributed by atoms with Crippen molar-refractivity contribution in [2.24, 2.45) is 0 Å². The first-order chi connectivity index (χ1) is 12.0. The number of nitrogens with zero attached hydrogens (tertiary/aromatic N) is 3. The maximum atomic E-state index is 12.7. The zero-order valence-electron chi connectivity index (χ0n) is 14.9. The number of benzene rings is 1. The molecule has 2 amide bonds. The average Bonchev–Trinajstić information content (AvgIpc) is 2.61. The van der Waals surface area contributed by atoms with E-state index in [9.17, 15) is 9.59 Å². The van der Waals surface area contributed by atoms with Crippen molar-refractivity contribution in [1.82, 2.24) is 9.80 Å². The van der Waals surface area contributed by atoms with E-state index in [2.05, 4.69) is 4.90 Å². The molecule has 2 unspecified atom stereocenters. The molecule has 2 heterocycles. The molecule has 1 aromatic rings. The summed E-state index contributed by atoms with van der Waals surface area (Å²) in [5, 5.41) is 0.708. The third kappa shape index (κ3) is 3.92. The summed E-state index contributed by atoms with van der Waals surface area (Å²) in [5.74, 6) is -0.692. The molecule has 0 spiro atoms. The minimum Gasteiger partial charge on any atom is -0.368 e. The molecule has 5 nitrogen and oxygen atoms in total. The lowest BCUT2D eigenvalue weighted by molar-refractivity contribution is -0.155. The number of halogens is 1. The zero-order valence-corrected chi connectivity index (χ0v) is 15.7. The van der Waals surface area contributed by atoms with Gasteiger partial charge in [0.1, 0.15) is 0 Å². The SMILES string of the molecule is CC1CCCC(C)N1C(=O)C(=O)N1CCN(c2cccc(Cl)c2)CC1. The van der Waals surface area contributed by atoms with E-state index < -0.39 is 0 Å². The van der Waals surface area contributed by atoms with Gasteiger partial charge in [0.2, 0.25) is 0 Å². The van der Waals surface area contributed by atoms with Crippen LogP contribution in [0, 0.1) is 0 Å². The molecule has 136 valence electrons. The van der Waals surface area contributed by atoms with Crippen LogP contribution in [-0.4, -0.2) is 59.9 Å². The van der Waals surface area contributed by atoms with Crippen LogP contribution in [0.25, 0.3) is 0 Å². The van der Waals surface area contributed by atoms with Crippen LogP contribution in [0.5, 0.6) is 0 Å². The van der Waals surface area contributed by atoms with Crippen LogP contribution < -0.4 is 4.90 Å². The Labute approximate surface area is 154 Å². The number of carbonyl (C=O) groups is 2. The normalized spacial score (nSPS) is 24.4. The van der Waals surface area contributed by atoms with Crippen molar-refractivity contribution in [2.75, 3.05) is 31.1 Å². The molecule has 0 saturated carbocycles. The molecular weight excluding hydrogens is 338 g/mol. The number of amides is 2. The smallest absolute Gasteiger partial charge is 0.312 e. The van der Waals surface area contributed by atoms with Gasteiger partial charge in [0.25, 0.3) is 0 Å². The molecule has 25 heavy (non-hydrogen) atoms. The van der Waals surface area contributed by atoms with Gasteiger partial charge < -0.3 is 14.7 Å². The van der Waals surface area contributed by atoms with Gasteiger partial charge in [0.05, 0.1) is 0 Å². The molecule has 2 fully saturated rings. The number of piperidine rings is 1. The second-order valence-corrected chi connectivity index (χ2v) is 7.54. The van der Waals surface area contributed by atoms with E-state index in [0.29, 0.717) is 31.2 Å². The summed E-state index contributed by atoms with van der Waals surface area (Å²) < 4.78 is 0. The third-order valence-electron chi connectivity index (χ3n) is 5.35. The first-order valence-corrected chi connectivity index (χ1v) is 9.47. The number of hydrogen-bond donors (Lipinski definition) is 0. The monoisotopic (exact) mass is 363 g/mol. The lowest BCUT2D eigenvalue weighted by atomic mass is 9.97. The molecule has 0 aliphatic carbocycles. The van der Waals surface area contributed by atoms with Crippen molar-refractivity contribution in [3.63, 3.8) is 0 Å². The van der Waals surface area contributed by atoms with Crippen molar-refractivity contribution in [3.05, 3.63) is 29.3 Å².